The molecule has 1 heterocycles. The number of aromatic nitrogens is 4. The van der Waals surface area contributed by atoms with E-state index in [9.17, 15) is 4.79 Å². The van der Waals surface area contributed by atoms with Crippen LogP contribution in [0.4, 0.5) is 0 Å². The number of esters is 1. The van der Waals surface area contributed by atoms with E-state index in [0.29, 0.717) is 18.0 Å². The Morgan fingerprint density at radius 2 is 2.12 bits per heavy atom. The fraction of sp³-hybridized carbons (Fsp3) is 0.273. The lowest BCUT2D eigenvalue weighted by molar-refractivity contribution is 0.0505. The minimum atomic E-state index is -0.313. The highest BCUT2D eigenvalue weighted by molar-refractivity contribution is 5.89. The van der Waals surface area contributed by atoms with Crippen LogP contribution >= 0.6 is 0 Å². The van der Waals surface area contributed by atoms with Crippen LogP contribution in [0.1, 0.15) is 23.7 Å². The molecule has 2 rings (SSSR count). The van der Waals surface area contributed by atoms with Gasteiger partial charge in [-0.1, -0.05) is 19.1 Å². The van der Waals surface area contributed by atoms with Gasteiger partial charge in [0.15, 0.2) is 0 Å². The van der Waals surface area contributed by atoms with E-state index in [1.54, 1.807) is 24.3 Å². The Morgan fingerprint density at radius 3 is 2.71 bits per heavy atom. The summed E-state index contributed by atoms with van der Waals surface area (Å²) < 4.78 is 5.02. The van der Waals surface area contributed by atoms with E-state index >= 15 is 0 Å². The Bertz CT molecular complexity index is 479. The van der Waals surface area contributed by atoms with Gasteiger partial charge in [-0.15, -0.1) is 10.2 Å². The Labute approximate surface area is 98.0 Å². The van der Waals surface area contributed by atoms with Crippen molar-refractivity contribution < 1.29 is 9.53 Å². The topological polar surface area (TPSA) is 80.8 Å². The van der Waals surface area contributed by atoms with Gasteiger partial charge in [0, 0.05) is 5.56 Å². The van der Waals surface area contributed by atoms with Crippen LogP contribution in [0.5, 0.6) is 0 Å². The number of ether oxygens (including phenoxy) is 1. The van der Waals surface area contributed by atoms with E-state index in [1.165, 1.54) is 0 Å². The van der Waals surface area contributed by atoms with Crippen molar-refractivity contribution in [1.29, 1.82) is 0 Å². The number of aromatic amines is 1. The first-order valence-electron chi connectivity index (χ1n) is 5.32. The maximum Gasteiger partial charge on any atom is 0.338 e. The maximum absolute atomic E-state index is 11.5. The SMILES string of the molecule is CCCOC(=O)c1ccc(-c2nn[nH]n2)cc1. The third-order valence-electron chi connectivity index (χ3n) is 2.16. The van der Waals surface area contributed by atoms with Crippen LogP contribution in [0.25, 0.3) is 11.4 Å². The van der Waals surface area contributed by atoms with E-state index in [4.69, 9.17) is 4.74 Å². The second-order valence-electron chi connectivity index (χ2n) is 3.45. The molecule has 0 radical (unpaired) electrons. The molecule has 88 valence electrons. The number of benzene rings is 1. The summed E-state index contributed by atoms with van der Waals surface area (Å²) >= 11 is 0. The van der Waals surface area contributed by atoms with Crippen LogP contribution in [-0.2, 0) is 4.74 Å². The minimum absolute atomic E-state index is 0.313. The maximum atomic E-state index is 11.5. The first kappa shape index (κ1) is 11.3. The van der Waals surface area contributed by atoms with E-state index in [1.807, 2.05) is 6.92 Å². The summed E-state index contributed by atoms with van der Waals surface area (Å²) in [6.45, 7) is 2.39. The molecule has 0 saturated heterocycles. The quantitative estimate of drug-likeness (QED) is 0.806. The Balaban J connectivity index is 2.10. The molecule has 0 aliphatic carbocycles. The summed E-state index contributed by atoms with van der Waals surface area (Å²) in [6, 6.07) is 6.88. The van der Waals surface area contributed by atoms with Gasteiger partial charge in [-0.05, 0) is 23.8 Å². The molecule has 6 heteroatoms. The molecule has 1 aromatic heterocycles. The molecule has 0 aliphatic rings. The minimum Gasteiger partial charge on any atom is -0.462 e. The lowest BCUT2D eigenvalue weighted by atomic mass is 10.1. The highest BCUT2D eigenvalue weighted by Crippen LogP contribution is 2.14. The van der Waals surface area contributed by atoms with E-state index < -0.39 is 0 Å². The summed E-state index contributed by atoms with van der Waals surface area (Å²) in [5.41, 5.74) is 1.32. The standard InChI is InChI=1S/C11H12N4O2/c1-2-7-17-11(16)9-5-3-8(4-6-9)10-12-14-15-13-10/h3-6H,2,7H2,1H3,(H,12,13,14,15). The molecule has 0 aliphatic heterocycles. The zero-order valence-corrected chi connectivity index (χ0v) is 9.38. The van der Waals surface area contributed by atoms with Crippen molar-refractivity contribution in [2.24, 2.45) is 0 Å². The van der Waals surface area contributed by atoms with Crippen molar-refractivity contribution in [2.75, 3.05) is 6.61 Å². The molecule has 0 unspecified atom stereocenters. The van der Waals surface area contributed by atoms with Gasteiger partial charge in [0.05, 0.1) is 12.2 Å². The number of carbonyl (C=O) groups is 1. The molecule has 6 nitrogen and oxygen atoms in total. The third-order valence-corrected chi connectivity index (χ3v) is 2.16. The number of nitrogens with one attached hydrogen (secondary N) is 1. The van der Waals surface area contributed by atoms with Gasteiger partial charge in [0.1, 0.15) is 0 Å². The Kier molecular flexibility index (Phi) is 3.44. The number of hydrogen-bond donors (Lipinski definition) is 1. The molecule has 2 aromatic rings. The molecular formula is C11H12N4O2. The fourth-order valence-electron chi connectivity index (χ4n) is 1.32. The molecule has 0 bridgehead atoms. The Morgan fingerprint density at radius 1 is 1.35 bits per heavy atom. The van der Waals surface area contributed by atoms with Gasteiger partial charge in [-0.3, -0.25) is 0 Å². The first-order valence-corrected chi connectivity index (χ1v) is 5.32. The van der Waals surface area contributed by atoms with Crippen LogP contribution in [0.15, 0.2) is 24.3 Å². The average molecular weight is 232 g/mol. The lowest BCUT2D eigenvalue weighted by Gasteiger charge is -2.03. The monoisotopic (exact) mass is 232 g/mol. The van der Waals surface area contributed by atoms with Crippen LogP contribution in [0, 0.1) is 0 Å². The highest BCUT2D eigenvalue weighted by Gasteiger charge is 2.08. The lowest BCUT2D eigenvalue weighted by Crippen LogP contribution is -2.05. The molecule has 17 heavy (non-hydrogen) atoms. The van der Waals surface area contributed by atoms with Crippen LogP contribution < -0.4 is 0 Å². The van der Waals surface area contributed by atoms with Crippen molar-refractivity contribution >= 4 is 5.97 Å². The summed E-state index contributed by atoms with van der Waals surface area (Å²) in [7, 11) is 0. The highest BCUT2D eigenvalue weighted by atomic mass is 16.5. The van der Waals surface area contributed by atoms with Gasteiger partial charge in [0.2, 0.25) is 5.82 Å². The van der Waals surface area contributed by atoms with Crippen molar-refractivity contribution in [2.45, 2.75) is 13.3 Å². The van der Waals surface area contributed by atoms with E-state index in [-0.39, 0.29) is 5.97 Å². The molecule has 0 atom stereocenters. The van der Waals surface area contributed by atoms with Crippen LogP contribution in [0.3, 0.4) is 0 Å². The zero-order valence-electron chi connectivity index (χ0n) is 9.38. The molecule has 0 amide bonds. The second-order valence-corrected chi connectivity index (χ2v) is 3.45. The van der Waals surface area contributed by atoms with Gasteiger partial charge < -0.3 is 4.74 Å². The molecular weight excluding hydrogens is 220 g/mol. The summed E-state index contributed by atoms with van der Waals surface area (Å²) in [6.07, 6.45) is 0.812. The predicted molar refractivity (Wildman–Crippen MR) is 60.2 cm³/mol. The summed E-state index contributed by atoms with van der Waals surface area (Å²) in [4.78, 5) is 11.5. The van der Waals surface area contributed by atoms with Crippen molar-refractivity contribution in [3.05, 3.63) is 29.8 Å². The van der Waals surface area contributed by atoms with Crippen molar-refractivity contribution in [3.8, 4) is 11.4 Å². The summed E-state index contributed by atoms with van der Waals surface area (Å²) in [5.74, 6) is 0.185. The smallest absolute Gasteiger partial charge is 0.338 e. The third kappa shape index (κ3) is 2.66. The largest absolute Gasteiger partial charge is 0.462 e. The molecule has 1 aromatic carbocycles. The van der Waals surface area contributed by atoms with Crippen molar-refractivity contribution in [3.63, 3.8) is 0 Å². The van der Waals surface area contributed by atoms with Gasteiger partial charge in [0.25, 0.3) is 0 Å². The van der Waals surface area contributed by atoms with E-state index in [0.717, 1.165) is 12.0 Å². The summed E-state index contributed by atoms with van der Waals surface area (Å²) in [5, 5.41) is 13.5. The van der Waals surface area contributed by atoms with Crippen molar-refractivity contribution in [1.82, 2.24) is 20.6 Å². The number of H-pyrrole nitrogens is 1. The first-order chi connectivity index (χ1) is 8.31. The normalized spacial score (nSPS) is 10.2. The fourth-order valence-corrected chi connectivity index (χ4v) is 1.32. The number of nitrogens with zero attached hydrogens (tertiary/aromatic N) is 3. The average Bonchev–Trinajstić information content (AvgIpc) is 2.90. The predicted octanol–water partition coefficient (Wildman–Crippen LogP) is 1.43. The van der Waals surface area contributed by atoms with Gasteiger partial charge in [-0.2, -0.15) is 5.21 Å². The molecule has 0 fully saturated rings. The number of tetrazole rings is 1. The molecule has 0 saturated carbocycles. The number of rotatable bonds is 4. The Hall–Kier alpha value is -2.24. The molecule has 0 spiro atoms. The number of hydrogen-bond acceptors (Lipinski definition) is 5. The second kappa shape index (κ2) is 5.20. The van der Waals surface area contributed by atoms with Gasteiger partial charge in [-0.25, -0.2) is 4.79 Å². The van der Waals surface area contributed by atoms with Crippen LogP contribution in [0.2, 0.25) is 0 Å². The molecule has 1 N–H and O–H groups in total. The van der Waals surface area contributed by atoms with Gasteiger partial charge >= 0.3 is 5.97 Å². The number of carbonyl (C=O) groups excluding carboxylic acids is 1. The van der Waals surface area contributed by atoms with E-state index in [2.05, 4.69) is 20.6 Å². The van der Waals surface area contributed by atoms with Crippen LogP contribution in [-0.4, -0.2) is 33.2 Å². The zero-order chi connectivity index (χ0) is 12.1.